The number of rotatable bonds is 2. The molecule has 0 fully saturated rings. The lowest BCUT2D eigenvalue weighted by molar-refractivity contribution is 0.103. The number of aromatic nitrogens is 2. The third kappa shape index (κ3) is 2.02. The van der Waals surface area contributed by atoms with Gasteiger partial charge in [0.25, 0.3) is 0 Å². The predicted octanol–water partition coefficient (Wildman–Crippen LogP) is 4.55. The lowest BCUT2D eigenvalue weighted by Crippen LogP contribution is -2.06. The topological polar surface area (TPSA) is 45.8 Å². The maximum atomic E-state index is 12.9. The Kier molecular flexibility index (Phi) is 3.18. The molecule has 0 amide bonds. The number of fused-ring (bicyclic) bond motifs is 3. The molecule has 0 aliphatic heterocycles. The summed E-state index contributed by atoms with van der Waals surface area (Å²) in [6, 6.07) is 17.6. The molecule has 2 aromatic heterocycles. The number of carbonyl (C=O) groups is 1. The number of halogens is 1. The van der Waals surface area contributed by atoms with Gasteiger partial charge in [-0.05, 0) is 46.9 Å². The predicted molar refractivity (Wildman–Crippen MR) is 96.2 cm³/mol. The molecule has 2 aromatic carbocycles. The molecule has 22 heavy (non-hydrogen) atoms. The van der Waals surface area contributed by atoms with E-state index < -0.39 is 0 Å². The van der Waals surface area contributed by atoms with E-state index in [9.17, 15) is 4.79 Å². The van der Waals surface area contributed by atoms with E-state index in [1.54, 1.807) is 6.20 Å². The van der Waals surface area contributed by atoms with Crippen LogP contribution in [-0.2, 0) is 0 Å². The van der Waals surface area contributed by atoms with Crippen molar-refractivity contribution in [2.45, 2.75) is 0 Å². The van der Waals surface area contributed by atoms with Crippen molar-refractivity contribution >= 4 is 50.2 Å². The van der Waals surface area contributed by atoms with Gasteiger partial charge < -0.3 is 4.98 Å². The van der Waals surface area contributed by atoms with E-state index >= 15 is 0 Å². The van der Waals surface area contributed by atoms with Crippen molar-refractivity contribution in [2.24, 2.45) is 0 Å². The van der Waals surface area contributed by atoms with Crippen LogP contribution in [0.25, 0.3) is 21.8 Å². The molecule has 2 heterocycles. The first-order chi connectivity index (χ1) is 10.8. The highest BCUT2D eigenvalue weighted by atomic mass is 127. The highest BCUT2D eigenvalue weighted by molar-refractivity contribution is 14.1. The molecule has 0 saturated carbocycles. The Morgan fingerprint density at radius 1 is 0.955 bits per heavy atom. The molecule has 0 saturated heterocycles. The molecule has 0 bridgehead atoms. The van der Waals surface area contributed by atoms with E-state index in [0.717, 1.165) is 25.4 Å². The van der Waals surface area contributed by atoms with Gasteiger partial charge in [0.2, 0.25) is 5.78 Å². The Labute approximate surface area is 140 Å². The van der Waals surface area contributed by atoms with Gasteiger partial charge in [0.05, 0.1) is 5.52 Å². The molecule has 0 spiro atoms. The molecule has 0 aliphatic carbocycles. The van der Waals surface area contributed by atoms with Gasteiger partial charge in [0, 0.05) is 31.6 Å². The minimum absolute atomic E-state index is 0.0536. The van der Waals surface area contributed by atoms with Crippen molar-refractivity contribution in [1.29, 1.82) is 0 Å². The number of ketones is 1. The zero-order valence-corrected chi connectivity index (χ0v) is 13.7. The zero-order chi connectivity index (χ0) is 15.1. The molecule has 0 aliphatic rings. The third-order valence-electron chi connectivity index (χ3n) is 3.76. The summed E-state index contributed by atoms with van der Waals surface area (Å²) in [6.07, 6.45) is 1.70. The monoisotopic (exact) mass is 398 g/mol. The van der Waals surface area contributed by atoms with Gasteiger partial charge in [-0.2, -0.15) is 0 Å². The molecule has 1 N–H and O–H groups in total. The highest BCUT2D eigenvalue weighted by Gasteiger charge is 2.18. The van der Waals surface area contributed by atoms with Crippen molar-refractivity contribution in [1.82, 2.24) is 9.97 Å². The van der Waals surface area contributed by atoms with Crippen LogP contribution in [0.2, 0.25) is 0 Å². The maximum Gasteiger partial charge on any atom is 0.214 e. The maximum absolute atomic E-state index is 12.9. The van der Waals surface area contributed by atoms with Crippen LogP contribution in [0, 0.1) is 3.57 Å². The van der Waals surface area contributed by atoms with E-state index in [0.29, 0.717) is 11.3 Å². The van der Waals surface area contributed by atoms with Crippen molar-refractivity contribution in [2.75, 3.05) is 0 Å². The standard InChI is InChI=1S/C18H11IN2O/c19-14-7-3-1-6-13(14)18(22)17-16-12(9-10-20-17)11-5-2-4-8-15(11)21-16/h1-10,21H. The molecular weight excluding hydrogens is 387 g/mol. The van der Waals surface area contributed by atoms with Crippen LogP contribution in [0.4, 0.5) is 0 Å². The number of aromatic amines is 1. The fraction of sp³-hybridized carbons (Fsp3) is 0. The average molecular weight is 398 g/mol. The number of hydrogen-bond acceptors (Lipinski definition) is 2. The quantitative estimate of drug-likeness (QED) is 0.398. The number of nitrogens with one attached hydrogen (secondary N) is 1. The van der Waals surface area contributed by atoms with Crippen molar-refractivity contribution in [3.05, 3.63) is 75.6 Å². The molecular formula is C18H11IN2O. The molecule has 0 radical (unpaired) electrons. The van der Waals surface area contributed by atoms with Crippen LogP contribution in [0.15, 0.2) is 60.8 Å². The lowest BCUT2D eigenvalue weighted by atomic mass is 10.1. The second kappa shape index (κ2) is 5.21. The van der Waals surface area contributed by atoms with E-state index in [1.165, 1.54) is 0 Å². The molecule has 4 rings (SSSR count). The summed E-state index contributed by atoms with van der Waals surface area (Å²) in [4.78, 5) is 20.5. The van der Waals surface area contributed by atoms with Gasteiger partial charge in [-0.15, -0.1) is 0 Å². The van der Waals surface area contributed by atoms with Crippen molar-refractivity contribution in [3.63, 3.8) is 0 Å². The zero-order valence-electron chi connectivity index (χ0n) is 11.5. The van der Waals surface area contributed by atoms with Crippen LogP contribution >= 0.6 is 22.6 Å². The summed E-state index contributed by atoms with van der Waals surface area (Å²) in [6.45, 7) is 0. The Balaban J connectivity index is 1.99. The number of para-hydroxylation sites is 1. The smallest absolute Gasteiger partial charge is 0.214 e. The Bertz CT molecular complexity index is 1020. The van der Waals surface area contributed by atoms with Gasteiger partial charge >= 0.3 is 0 Å². The summed E-state index contributed by atoms with van der Waals surface area (Å²) >= 11 is 2.18. The third-order valence-corrected chi connectivity index (χ3v) is 4.70. The van der Waals surface area contributed by atoms with Crippen molar-refractivity contribution in [3.8, 4) is 0 Å². The van der Waals surface area contributed by atoms with Crippen LogP contribution in [0.3, 0.4) is 0 Å². The first kappa shape index (κ1) is 13.5. The molecule has 3 nitrogen and oxygen atoms in total. The Morgan fingerprint density at radius 3 is 2.59 bits per heavy atom. The number of benzene rings is 2. The van der Waals surface area contributed by atoms with Crippen LogP contribution in [0.5, 0.6) is 0 Å². The van der Waals surface area contributed by atoms with E-state index in [1.807, 2.05) is 48.5 Å². The number of hydrogen-bond donors (Lipinski definition) is 1. The molecule has 0 unspecified atom stereocenters. The molecule has 0 atom stereocenters. The lowest BCUT2D eigenvalue weighted by Gasteiger charge is -2.04. The average Bonchev–Trinajstić information content (AvgIpc) is 2.93. The number of H-pyrrole nitrogens is 1. The second-order valence-corrected chi connectivity index (χ2v) is 6.22. The van der Waals surface area contributed by atoms with Gasteiger partial charge in [0.15, 0.2) is 0 Å². The second-order valence-electron chi connectivity index (χ2n) is 5.06. The molecule has 4 heteroatoms. The first-order valence-corrected chi connectivity index (χ1v) is 7.98. The number of nitrogens with zero attached hydrogens (tertiary/aromatic N) is 1. The first-order valence-electron chi connectivity index (χ1n) is 6.90. The normalized spacial score (nSPS) is 11.1. The van der Waals surface area contributed by atoms with Crippen molar-refractivity contribution < 1.29 is 4.79 Å². The summed E-state index contributed by atoms with van der Waals surface area (Å²) < 4.78 is 0.931. The Hall–Kier alpha value is -2.21. The summed E-state index contributed by atoms with van der Waals surface area (Å²) in [7, 11) is 0. The minimum Gasteiger partial charge on any atom is -0.353 e. The van der Waals surface area contributed by atoms with Crippen LogP contribution in [0.1, 0.15) is 16.1 Å². The fourth-order valence-corrected chi connectivity index (χ4v) is 3.35. The summed E-state index contributed by atoms with van der Waals surface area (Å²) in [5, 5.41) is 2.14. The van der Waals surface area contributed by atoms with E-state index in [2.05, 4.69) is 38.6 Å². The van der Waals surface area contributed by atoms with Gasteiger partial charge in [-0.1, -0.05) is 30.3 Å². The SMILES string of the molecule is O=C(c1ccccc1I)c1nccc2c1[nH]c1ccccc12. The summed E-state index contributed by atoms with van der Waals surface area (Å²) in [5.41, 5.74) is 2.97. The molecule has 4 aromatic rings. The van der Waals surface area contributed by atoms with Gasteiger partial charge in [-0.3, -0.25) is 9.78 Å². The fourth-order valence-electron chi connectivity index (χ4n) is 2.72. The van der Waals surface area contributed by atoms with E-state index in [4.69, 9.17) is 0 Å². The minimum atomic E-state index is -0.0536. The number of pyridine rings is 1. The number of carbonyl (C=O) groups excluding carboxylic acids is 1. The van der Waals surface area contributed by atoms with Crippen LogP contribution < -0.4 is 0 Å². The van der Waals surface area contributed by atoms with Crippen LogP contribution in [-0.4, -0.2) is 15.8 Å². The largest absolute Gasteiger partial charge is 0.353 e. The van der Waals surface area contributed by atoms with E-state index in [-0.39, 0.29) is 5.78 Å². The molecule has 106 valence electrons. The Morgan fingerprint density at radius 2 is 1.73 bits per heavy atom. The summed E-state index contributed by atoms with van der Waals surface area (Å²) in [5.74, 6) is -0.0536. The van der Waals surface area contributed by atoms with Gasteiger partial charge in [-0.25, -0.2) is 0 Å². The van der Waals surface area contributed by atoms with Gasteiger partial charge in [0.1, 0.15) is 5.69 Å². The highest BCUT2D eigenvalue weighted by Crippen LogP contribution is 2.28.